The zero-order chi connectivity index (χ0) is 30.8. The van der Waals surface area contributed by atoms with Gasteiger partial charge in [-0.05, 0) is 85.2 Å². The number of rotatable bonds is 11. The summed E-state index contributed by atoms with van der Waals surface area (Å²) in [4.78, 5) is 16.0. The molecule has 3 aromatic carbocycles. The number of hydrogen-bond acceptors (Lipinski definition) is 4. The normalized spacial score (nSPS) is 21.0. The number of aryl methyl sites for hydroxylation is 1. The van der Waals surface area contributed by atoms with Gasteiger partial charge in [0.2, 0.25) is 5.91 Å². The zero-order valence-electron chi connectivity index (χ0n) is 24.6. The third-order valence-corrected chi connectivity index (χ3v) is 10.1. The van der Waals surface area contributed by atoms with Crippen LogP contribution in [-0.2, 0) is 11.3 Å². The Labute approximate surface area is 279 Å². The summed E-state index contributed by atoms with van der Waals surface area (Å²) >= 11 is 25.4. The van der Waals surface area contributed by atoms with E-state index in [0.29, 0.717) is 58.1 Å². The van der Waals surface area contributed by atoms with Crippen LogP contribution in [0.5, 0.6) is 11.5 Å². The van der Waals surface area contributed by atoms with Crippen molar-refractivity contribution in [1.82, 2.24) is 10.2 Å². The van der Waals surface area contributed by atoms with E-state index < -0.39 is 0 Å². The monoisotopic (exact) mass is 672 g/mol. The molecule has 1 amide bonds. The lowest BCUT2D eigenvalue weighted by Crippen LogP contribution is -2.50. The molecule has 0 radical (unpaired) electrons. The van der Waals surface area contributed by atoms with Crippen molar-refractivity contribution in [1.29, 1.82) is 0 Å². The summed E-state index contributed by atoms with van der Waals surface area (Å²) in [5.74, 6) is 1.47. The van der Waals surface area contributed by atoms with Gasteiger partial charge in [0.25, 0.3) is 0 Å². The van der Waals surface area contributed by atoms with E-state index in [0.717, 1.165) is 54.5 Å². The van der Waals surface area contributed by atoms with E-state index in [9.17, 15) is 4.79 Å². The summed E-state index contributed by atoms with van der Waals surface area (Å²) < 4.78 is 11.7. The van der Waals surface area contributed by atoms with E-state index in [1.807, 2.05) is 48.2 Å². The second-order valence-electron chi connectivity index (χ2n) is 12.0. The maximum atomic E-state index is 13.9. The highest BCUT2D eigenvalue weighted by Crippen LogP contribution is 2.40. The third-order valence-electron chi connectivity index (χ3n) is 8.73. The summed E-state index contributed by atoms with van der Waals surface area (Å²) in [6, 6.07) is 18.3. The fraction of sp³-hybridized carbons (Fsp3) is 0.400. The molecule has 9 heteroatoms. The molecule has 6 rings (SSSR count). The van der Waals surface area contributed by atoms with Gasteiger partial charge >= 0.3 is 0 Å². The molecule has 1 saturated heterocycles. The van der Waals surface area contributed by atoms with Gasteiger partial charge in [-0.25, -0.2) is 0 Å². The lowest BCUT2D eigenvalue weighted by atomic mass is 9.75. The Balaban J connectivity index is 1.12. The van der Waals surface area contributed by atoms with Gasteiger partial charge in [0.15, 0.2) is 5.75 Å². The summed E-state index contributed by atoms with van der Waals surface area (Å²) in [6.45, 7) is 3.07. The molecule has 1 aliphatic carbocycles. The molecule has 0 aromatic heterocycles. The lowest BCUT2D eigenvalue weighted by Gasteiger charge is -2.42. The molecule has 232 valence electrons. The van der Waals surface area contributed by atoms with Crippen molar-refractivity contribution in [2.75, 3.05) is 13.2 Å². The predicted molar refractivity (Wildman–Crippen MR) is 179 cm³/mol. The second-order valence-corrected chi connectivity index (χ2v) is 13.6. The highest BCUT2D eigenvalue weighted by molar-refractivity contribution is 6.42. The molecule has 2 aliphatic heterocycles. The first kappa shape index (κ1) is 31.6. The summed E-state index contributed by atoms with van der Waals surface area (Å²) in [7, 11) is 0. The summed E-state index contributed by atoms with van der Waals surface area (Å²) in [5.41, 5.74) is 4.23. The highest BCUT2D eigenvalue weighted by Gasteiger charge is 2.39. The van der Waals surface area contributed by atoms with Crippen molar-refractivity contribution in [3.63, 3.8) is 0 Å². The Morgan fingerprint density at radius 1 is 0.909 bits per heavy atom. The van der Waals surface area contributed by atoms with E-state index in [4.69, 9.17) is 55.9 Å². The molecular formula is C35H36Cl4N2O3. The number of carbonyl (C=O) groups excluding carboxylic acids is 1. The second kappa shape index (κ2) is 13.9. The van der Waals surface area contributed by atoms with Gasteiger partial charge in [-0.15, -0.1) is 0 Å². The van der Waals surface area contributed by atoms with E-state index in [2.05, 4.69) is 23.5 Å². The lowest BCUT2D eigenvalue weighted by molar-refractivity contribution is -0.133. The molecule has 2 fully saturated rings. The fourth-order valence-electron chi connectivity index (χ4n) is 6.41. The number of piperidine rings is 1. The first-order chi connectivity index (χ1) is 21.3. The molecule has 1 N–H and O–H groups in total. The van der Waals surface area contributed by atoms with Crippen LogP contribution in [-0.4, -0.2) is 42.1 Å². The molecule has 3 atom stereocenters. The van der Waals surface area contributed by atoms with Crippen molar-refractivity contribution in [3.8, 4) is 11.5 Å². The van der Waals surface area contributed by atoms with Crippen LogP contribution in [0, 0.1) is 12.8 Å². The fourth-order valence-corrected chi connectivity index (χ4v) is 7.49. The minimum atomic E-state index is 0.0827. The number of hydrogen-bond donors (Lipinski definition) is 1. The van der Waals surface area contributed by atoms with Crippen LogP contribution in [0.2, 0.25) is 20.1 Å². The van der Waals surface area contributed by atoms with Crippen LogP contribution in [0.3, 0.4) is 0 Å². The molecule has 44 heavy (non-hydrogen) atoms. The summed E-state index contributed by atoms with van der Waals surface area (Å²) in [5, 5.41) is 5.80. The molecule has 0 unspecified atom stereocenters. The molecule has 3 aromatic rings. The number of carbonyl (C=O) groups is 1. The van der Waals surface area contributed by atoms with Gasteiger partial charge in [0.05, 0.1) is 20.1 Å². The van der Waals surface area contributed by atoms with Crippen molar-refractivity contribution >= 4 is 57.9 Å². The van der Waals surface area contributed by atoms with Gasteiger partial charge in [0, 0.05) is 37.0 Å². The molecule has 3 aliphatic rings. The first-order valence-corrected chi connectivity index (χ1v) is 16.8. The molecule has 1 saturated carbocycles. The van der Waals surface area contributed by atoms with Crippen LogP contribution in [0.25, 0.3) is 5.57 Å². The first-order valence-electron chi connectivity index (χ1n) is 15.3. The zero-order valence-corrected chi connectivity index (χ0v) is 27.7. The Morgan fingerprint density at radius 3 is 2.36 bits per heavy atom. The number of halogens is 4. The molecule has 5 nitrogen and oxygen atoms in total. The number of nitrogens with one attached hydrogen (secondary N) is 1. The van der Waals surface area contributed by atoms with Crippen LogP contribution in [0.4, 0.5) is 0 Å². The van der Waals surface area contributed by atoms with Crippen LogP contribution in [0.15, 0.2) is 60.7 Å². The van der Waals surface area contributed by atoms with E-state index in [1.54, 1.807) is 6.07 Å². The van der Waals surface area contributed by atoms with Gasteiger partial charge in [-0.1, -0.05) is 83.2 Å². The Bertz CT molecular complexity index is 1520. The maximum absolute atomic E-state index is 13.9. The predicted octanol–water partition coefficient (Wildman–Crippen LogP) is 9.17. The average Bonchev–Trinajstić information content (AvgIpc) is 3.84. The highest BCUT2D eigenvalue weighted by atomic mass is 35.5. The Kier molecular flexibility index (Phi) is 9.99. The number of benzene rings is 3. The molecule has 0 spiro atoms. The number of nitrogens with zero attached hydrogens (tertiary/aromatic N) is 1. The van der Waals surface area contributed by atoms with Crippen molar-refractivity contribution in [2.45, 2.75) is 70.1 Å². The molecule has 2 bridgehead atoms. The van der Waals surface area contributed by atoms with Crippen LogP contribution in [0.1, 0.15) is 55.2 Å². The Morgan fingerprint density at radius 2 is 1.64 bits per heavy atom. The van der Waals surface area contributed by atoms with Gasteiger partial charge < -0.3 is 19.7 Å². The Hall–Kier alpha value is -2.41. The van der Waals surface area contributed by atoms with E-state index in [-0.39, 0.29) is 23.9 Å². The minimum Gasteiger partial charge on any atom is -0.490 e. The summed E-state index contributed by atoms with van der Waals surface area (Å²) in [6.07, 6.45) is 8.17. The van der Waals surface area contributed by atoms with Gasteiger partial charge in [0.1, 0.15) is 19.0 Å². The largest absolute Gasteiger partial charge is 0.490 e. The quantitative estimate of drug-likeness (QED) is 0.206. The average molecular weight is 674 g/mol. The minimum absolute atomic E-state index is 0.0827. The SMILES string of the molecule is Cc1cc(Cl)c(OCCOc2ccc(C3=C[C@@H]4CCC[C@@H](N4)[C@@H]3CC(=O)N(Cc3cccc(Cl)c3Cl)C3CC3)cc2)c(Cl)c1. The van der Waals surface area contributed by atoms with E-state index in [1.165, 1.54) is 5.57 Å². The molecule has 2 heterocycles. The number of ether oxygens (including phenoxy) is 2. The van der Waals surface area contributed by atoms with Gasteiger partial charge in [-0.3, -0.25) is 4.79 Å². The van der Waals surface area contributed by atoms with Crippen molar-refractivity contribution in [2.24, 2.45) is 5.92 Å². The van der Waals surface area contributed by atoms with Gasteiger partial charge in [-0.2, -0.15) is 0 Å². The van der Waals surface area contributed by atoms with Crippen LogP contribution >= 0.6 is 46.4 Å². The third kappa shape index (κ3) is 7.35. The topological polar surface area (TPSA) is 50.8 Å². The van der Waals surface area contributed by atoms with Crippen LogP contribution < -0.4 is 14.8 Å². The standard InChI is InChI=1S/C35H36Cl4N2O3/c1-21-16-30(37)35(31(38)17-21)44-15-14-43-26-12-8-22(9-13-26)27-18-24-5-3-7-32(40-24)28(27)19-33(42)41(25-10-11-25)20-23-4-2-6-29(36)34(23)39/h2,4,6,8-9,12-13,16-18,24-25,28,32,40H,3,5,7,10-11,14-15,19-20H2,1H3/t24-,28+,32+/m0/s1. The van der Waals surface area contributed by atoms with Crippen molar-refractivity contribution < 1.29 is 14.3 Å². The van der Waals surface area contributed by atoms with Crippen molar-refractivity contribution in [3.05, 3.63) is 97.5 Å². The maximum Gasteiger partial charge on any atom is 0.223 e. The van der Waals surface area contributed by atoms with E-state index >= 15 is 0 Å². The smallest absolute Gasteiger partial charge is 0.223 e. The number of amides is 1. The number of fused-ring (bicyclic) bond motifs is 2. The molecular weight excluding hydrogens is 638 g/mol.